The fraction of sp³-hybridized carbons (Fsp3) is 0.467. The maximum absolute atomic E-state index is 11.9. The number of piperidine rings is 1. The van der Waals surface area contributed by atoms with Crippen molar-refractivity contribution in [3.05, 3.63) is 29.8 Å². The van der Waals surface area contributed by atoms with E-state index in [0.717, 1.165) is 17.7 Å². The van der Waals surface area contributed by atoms with Gasteiger partial charge in [-0.1, -0.05) is 12.1 Å². The second-order valence-electron chi connectivity index (χ2n) is 5.31. The monoisotopic (exact) mass is 275 g/mol. The van der Waals surface area contributed by atoms with E-state index in [1.165, 1.54) is 0 Å². The number of carbonyl (C=O) groups is 2. The third kappa shape index (κ3) is 4.06. The first-order valence-electron chi connectivity index (χ1n) is 6.88. The van der Waals surface area contributed by atoms with Gasteiger partial charge in [0.15, 0.2) is 0 Å². The molecule has 0 aromatic heterocycles. The Labute approximate surface area is 119 Å². The van der Waals surface area contributed by atoms with Crippen molar-refractivity contribution in [1.29, 1.82) is 0 Å². The molecule has 5 nitrogen and oxygen atoms in total. The minimum absolute atomic E-state index is 0.0600. The van der Waals surface area contributed by atoms with E-state index in [2.05, 4.69) is 10.6 Å². The van der Waals surface area contributed by atoms with E-state index in [4.69, 9.17) is 0 Å². The zero-order valence-electron chi connectivity index (χ0n) is 12.0. The van der Waals surface area contributed by atoms with Gasteiger partial charge in [-0.25, -0.2) is 0 Å². The van der Waals surface area contributed by atoms with Gasteiger partial charge in [0.05, 0.1) is 6.54 Å². The standard InChI is InChI=1S/C15H21N3O2/c1-11-4-3-5-12(8-11)17-14(19)9-16-13-6-7-15(20)18(2)10-13/h3-5,8,13,16H,6-7,9-10H2,1-2H3,(H,17,19). The van der Waals surface area contributed by atoms with Crippen LogP contribution in [0.3, 0.4) is 0 Å². The van der Waals surface area contributed by atoms with E-state index < -0.39 is 0 Å². The lowest BCUT2D eigenvalue weighted by atomic mass is 10.1. The molecule has 0 aliphatic carbocycles. The van der Waals surface area contributed by atoms with Crippen LogP contribution >= 0.6 is 0 Å². The molecule has 1 saturated heterocycles. The molecule has 20 heavy (non-hydrogen) atoms. The minimum Gasteiger partial charge on any atom is -0.344 e. The van der Waals surface area contributed by atoms with Crippen LogP contribution in [0.15, 0.2) is 24.3 Å². The number of hydrogen-bond donors (Lipinski definition) is 2. The quantitative estimate of drug-likeness (QED) is 0.866. The van der Waals surface area contributed by atoms with Gasteiger partial charge in [-0.2, -0.15) is 0 Å². The molecular weight excluding hydrogens is 254 g/mol. The zero-order valence-corrected chi connectivity index (χ0v) is 12.0. The Bertz CT molecular complexity index is 502. The average Bonchev–Trinajstić information content (AvgIpc) is 2.40. The first-order valence-corrected chi connectivity index (χ1v) is 6.88. The Balaban J connectivity index is 1.77. The van der Waals surface area contributed by atoms with E-state index >= 15 is 0 Å². The summed E-state index contributed by atoms with van der Waals surface area (Å²) in [7, 11) is 1.79. The van der Waals surface area contributed by atoms with Gasteiger partial charge in [0, 0.05) is 31.7 Å². The molecule has 1 aromatic carbocycles. The van der Waals surface area contributed by atoms with Gasteiger partial charge >= 0.3 is 0 Å². The smallest absolute Gasteiger partial charge is 0.238 e. The lowest BCUT2D eigenvalue weighted by Crippen LogP contribution is -2.48. The van der Waals surface area contributed by atoms with E-state index in [1.807, 2.05) is 31.2 Å². The molecule has 1 aliphatic rings. The second kappa shape index (κ2) is 6.52. The first kappa shape index (κ1) is 14.5. The number of amides is 2. The van der Waals surface area contributed by atoms with Gasteiger partial charge in [0.2, 0.25) is 11.8 Å². The molecule has 5 heteroatoms. The van der Waals surface area contributed by atoms with Crippen molar-refractivity contribution >= 4 is 17.5 Å². The van der Waals surface area contributed by atoms with Gasteiger partial charge in [-0.05, 0) is 31.0 Å². The third-order valence-electron chi connectivity index (χ3n) is 3.48. The zero-order chi connectivity index (χ0) is 14.5. The van der Waals surface area contributed by atoms with Crippen molar-refractivity contribution in [3.63, 3.8) is 0 Å². The molecular formula is C15H21N3O2. The molecule has 0 bridgehead atoms. The molecule has 0 saturated carbocycles. The van der Waals surface area contributed by atoms with Gasteiger partial charge in [-0.3, -0.25) is 9.59 Å². The largest absolute Gasteiger partial charge is 0.344 e. The van der Waals surface area contributed by atoms with Gasteiger partial charge < -0.3 is 15.5 Å². The predicted molar refractivity (Wildman–Crippen MR) is 78.5 cm³/mol. The molecule has 1 atom stereocenters. The molecule has 1 heterocycles. The molecule has 2 rings (SSSR count). The van der Waals surface area contributed by atoms with Crippen molar-refractivity contribution in [1.82, 2.24) is 10.2 Å². The number of likely N-dealkylation sites (N-methyl/N-ethyl adjacent to an activating group) is 1. The average molecular weight is 275 g/mol. The topological polar surface area (TPSA) is 61.4 Å². The minimum atomic E-state index is -0.0600. The second-order valence-corrected chi connectivity index (χ2v) is 5.31. The first-order chi connectivity index (χ1) is 9.54. The number of nitrogens with one attached hydrogen (secondary N) is 2. The van der Waals surface area contributed by atoms with Crippen LogP contribution in [0, 0.1) is 6.92 Å². The highest BCUT2D eigenvalue weighted by Crippen LogP contribution is 2.10. The highest BCUT2D eigenvalue weighted by Gasteiger charge is 2.22. The van der Waals surface area contributed by atoms with Crippen LogP contribution in [-0.2, 0) is 9.59 Å². The molecule has 2 amide bonds. The summed E-state index contributed by atoms with van der Waals surface area (Å²) in [5.74, 6) is 0.113. The van der Waals surface area contributed by atoms with Crippen LogP contribution < -0.4 is 10.6 Å². The number of carbonyl (C=O) groups excluding carboxylic acids is 2. The summed E-state index contributed by atoms with van der Waals surface area (Å²) in [6, 6.07) is 7.91. The third-order valence-corrected chi connectivity index (χ3v) is 3.48. The summed E-state index contributed by atoms with van der Waals surface area (Å²) in [5, 5.41) is 6.06. The predicted octanol–water partition coefficient (Wildman–Crippen LogP) is 1.14. The normalized spacial score (nSPS) is 19.0. The fourth-order valence-electron chi connectivity index (χ4n) is 2.34. The number of nitrogens with zero attached hydrogens (tertiary/aromatic N) is 1. The maximum atomic E-state index is 11.9. The number of rotatable bonds is 4. The highest BCUT2D eigenvalue weighted by atomic mass is 16.2. The molecule has 108 valence electrons. The molecule has 1 aliphatic heterocycles. The van der Waals surface area contributed by atoms with Crippen LogP contribution in [-0.4, -0.2) is 42.9 Å². The van der Waals surface area contributed by atoms with Crippen molar-refractivity contribution in [2.45, 2.75) is 25.8 Å². The van der Waals surface area contributed by atoms with Crippen LogP contribution in [0.1, 0.15) is 18.4 Å². The summed E-state index contributed by atoms with van der Waals surface area (Å²) in [6.45, 7) is 2.92. The molecule has 1 fully saturated rings. The van der Waals surface area contributed by atoms with Crippen LogP contribution in [0.4, 0.5) is 5.69 Å². The van der Waals surface area contributed by atoms with Crippen molar-refractivity contribution in [2.75, 3.05) is 25.5 Å². The number of anilines is 1. The van der Waals surface area contributed by atoms with E-state index in [0.29, 0.717) is 13.0 Å². The van der Waals surface area contributed by atoms with Crippen molar-refractivity contribution in [2.24, 2.45) is 0 Å². The number of benzene rings is 1. The summed E-state index contributed by atoms with van der Waals surface area (Å²) in [6.07, 6.45) is 1.34. The fourth-order valence-corrected chi connectivity index (χ4v) is 2.34. The van der Waals surface area contributed by atoms with Crippen LogP contribution in [0.25, 0.3) is 0 Å². The van der Waals surface area contributed by atoms with Crippen LogP contribution in [0.2, 0.25) is 0 Å². The Morgan fingerprint density at radius 1 is 1.45 bits per heavy atom. The van der Waals surface area contributed by atoms with Crippen molar-refractivity contribution in [3.8, 4) is 0 Å². The van der Waals surface area contributed by atoms with E-state index in [1.54, 1.807) is 11.9 Å². The number of hydrogen-bond acceptors (Lipinski definition) is 3. The SMILES string of the molecule is Cc1cccc(NC(=O)CNC2CCC(=O)N(C)C2)c1. The van der Waals surface area contributed by atoms with E-state index in [9.17, 15) is 9.59 Å². The summed E-state index contributed by atoms with van der Waals surface area (Å²) in [5.41, 5.74) is 1.93. The van der Waals surface area contributed by atoms with Gasteiger partial charge in [0.1, 0.15) is 0 Å². The number of likely N-dealkylation sites (tertiary alicyclic amines) is 1. The summed E-state index contributed by atoms with van der Waals surface area (Å²) >= 11 is 0. The molecule has 2 N–H and O–H groups in total. The van der Waals surface area contributed by atoms with Gasteiger partial charge in [0.25, 0.3) is 0 Å². The molecule has 0 spiro atoms. The molecule has 0 radical (unpaired) electrons. The highest BCUT2D eigenvalue weighted by molar-refractivity contribution is 5.92. The van der Waals surface area contributed by atoms with Crippen molar-refractivity contribution < 1.29 is 9.59 Å². The maximum Gasteiger partial charge on any atom is 0.238 e. The lowest BCUT2D eigenvalue weighted by Gasteiger charge is -2.30. The van der Waals surface area contributed by atoms with Gasteiger partial charge in [-0.15, -0.1) is 0 Å². The Hall–Kier alpha value is -1.88. The Morgan fingerprint density at radius 2 is 2.25 bits per heavy atom. The van der Waals surface area contributed by atoms with Crippen LogP contribution in [0.5, 0.6) is 0 Å². The molecule has 1 unspecified atom stereocenters. The Morgan fingerprint density at radius 3 is 2.95 bits per heavy atom. The van der Waals surface area contributed by atoms with E-state index in [-0.39, 0.29) is 24.4 Å². The summed E-state index contributed by atoms with van der Waals surface area (Å²) in [4.78, 5) is 24.9. The lowest BCUT2D eigenvalue weighted by molar-refractivity contribution is -0.132. The number of aryl methyl sites for hydroxylation is 1. The molecule has 1 aromatic rings. The Kier molecular flexibility index (Phi) is 4.74. The summed E-state index contributed by atoms with van der Waals surface area (Å²) < 4.78 is 0.